The first-order chi connectivity index (χ1) is 17.5. The van der Waals surface area contributed by atoms with Crippen molar-refractivity contribution in [1.29, 1.82) is 0 Å². The van der Waals surface area contributed by atoms with Crippen LogP contribution in [-0.2, 0) is 13.0 Å². The highest BCUT2D eigenvalue weighted by Gasteiger charge is 2.19. The summed E-state index contributed by atoms with van der Waals surface area (Å²) in [6.07, 6.45) is 2.27. The molecule has 0 aliphatic carbocycles. The van der Waals surface area contributed by atoms with E-state index in [-0.39, 0.29) is 25.2 Å². The fraction of sp³-hybridized carbons (Fsp3) is 0.233. The third-order valence-electron chi connectivity index (χ3n) is 5.81. The maximum Gasteiger partial charge on any atom is 0.255 e. The summed E-state index contributed by atoms with van der Waals surface area (Å²) in [7, 11) is 0. The van der Waals surface area contributed by atoms with Crippen LogP contribution in [0.15, 0.2) is 72.9 Å². The van der Waals surface area contributed by atoms with Gasteiger partial charge in [-0.1, -0.05) is 48.2 Å². The third-order valence-corrected chi connectivity index (χ3v) is 5.81. The highest BCUT2D eigenvalue weighted by atomic mass is 16.5. The zero-order chi connectivity index (χ0) is 25.5. The topological polar surface area (TPSA) is 94.6 Å². The van der Waals surface area contributed by atoms with Gasteiger partial charge in [0.1, 0.15) is 5.75 Å². The molecule has 0 fully saturated rings. The zero-order valence-electron chi connectivity index (χ0n) is 20.4. The lowest BCUT2D eigenvalue weighted by molar-refractivity contribution is 0.0910. The standard InChI is InChI=1S/C30H30N2O4/c1-20(2)36-29-14-12-21(11-13-22-7-3-4-8-23(22)18-33)15-27(29)30(35)32-25(19-34)16-24-17-31-28-10-6-5-9-26(24)28/h3-10,12,14-15,17,20,25,31,33-34H,16,18-19H2,1-2H3,(H,32,35)/t25-/m1/s1. The Morgan fingerprint density at radius 3 is 2.56 bits per heavy atom. The molecule has 6 nitrogen and oxygen atoms in total. The van der Waals surface area contributed by atoms with Crippen LogP contribution in [-0.4, -0.2) is 39.9 Å². The Bertz CT molecular complexity index is 1410. The molecule has 3 aromatic carbocycles. The molecule has 0 saturated heterocycles. The molecule has 184 valence electrons. The van der Waals surface area contributed by atoms with Gasteiger partial charge >= 0.3 is 0 Å². The smallest absolute Gasteiger partial charge is 0.255 e. The largest absolute Gasteiger partial charge is 0.490 e. The van der Waals surface area contributed by atoms with E-state index < -0.39 is 6.04 Å². The number of aromatic amines is 1. The van der Waals surface area contributed by atoms with Gasteiger partial charge in [0.25, 0.3) is 5.91 Å². The first-order valence-electron chi connectivity index (χ1n) is 12.0. The first-order valence-corrected chi connectivity index (χ1v) is 12.0. The maximum absolute atomic E-state index is 13.3. The molecule has 6 heteroatoms. The lowest BCUT2D eigenvalue weighted by Crippen LogP contribution is -2.39. The minimum atomic E-state index is -0.477. The predicted molar refractivity (Wildman–Crippen MR) is 141 cm³/mol. The van der Waals surface area contributed by atoms with Gasteiger partial charge in [0.05, 0.1) is 30.9 Å². The van der Waals surface area contributed by atoms with Gasteiger partial charge in [-0.15, -0.1) is 0 Å². The van der Waals surface area contributed by atoms with E-state index >= 15 is 0 Å². The van der Waals surface area contributed by atoms with Gasteiger partial charge in [0.15, 0.2) is 0 Å². The summed E-state index contributed by atoms with van der Waals surface area (Å²) in [6.45, 7) is 3.49. The summed E-state index contributed by atoms with van der Waals surface area (Å²) in [5.41, 5.74) is 4.49. The Morgan fingerprint density at radius 1 is 1.00 bits per heavy atom. The number of carbonyl (C=O) groups excluding carboxylic acids is 1. The molecule has 1 aromatic heterocycles. The van der Waals surface area contributed by atoms with Gasteiger partial charge in [-0.2, -0.15) is 0 Å². The number of fused-ring (bicyclic) bond motifs is 1. The molecule has 0 saturated carbocycles. The molecular formula is C30H30N2O4. The second-order valence-electron chi connectivity index (χ2n) is 8.86. The van der Waals surface area contributed by atoms with Crippen LogP contribution in [0, 0.1) is 11.8 Å². The first kappa shape index (κ1) is 25.1. The lowest BCUT2D eigenvalue weighted by Gasteiger charge is -2.19. The van der Waals surface area contributed by atoms with E-state index in [1.54, 1.807) is 18.2 Å². The number of aliphatic hydroxyl groups is 2. The molecule has 4 N–H and O–H groups in total. The fourth-order valence-electron chi connectivity index (χ4n) is 4.05. The van der Waals surface area contributed by atoms with Crippen LogP contribution in [0.4, 0.5) is 0 Å². The van der Waals surface area contributed by atoms with Crippen molar-refractivity contribution in [2.45, 2.75) is 39.0 Å². The van der Waals surface area contributed by atoms with Crippen molar-refractivity contribution < 1.29 is 19.7 Å². The molecule has 4 rings (SSSR count). The van der Waals surface area contributed by atoms with Gasteiger partial charge in [-0.25, -0.2) is 0 Å². The normalized spacial score (nSPS) is 11.7. The molecule has 0 spiro atoms. The number of nitrogens with one attached hydrogen (secondary N) is 2. The highest BCUT2D eigenvalue weighted by Crippen LogP contribution is 2.23. The summed E-state index contributed by atoms with van der Waals surface area (Å²) in [4.78, 5) is 16.6. The van der Waals surface area contributed by atoms with E-state index in [1.165, 1.54) is 0 Å². The molecule has 1 amide bonds. The number of para-hydroxylation sites is 1. The Kier molecular flexibility index (Phi) is 8.06. The quantitative estimate of drug-likeness (QED) is 0.284. The Morgan fingerprint density at radius 2 is 1.78 bits per heavy atom. The van der Waals surface area contributed by atoms with Crippen molar-refractivity contribution in [3.8, 4) is 17.6 Å². The molecule has 0 radical (unpaired) electrons. The van der Waals surface area contributed by atoms with Gasteiger partial charge in [-0.3, -0.25) is 4.79 Å². The predicted octanol–water partition coefficient (Wildman–Crippen LogP) is 4.18. The molecule has 4 aromatic rings. The molecule has 1 heterocycles. The number of benzene rings is 3. The van der Waals surface area contributed by atoms with E-state index in [2.05, 4.69) is 22.1 Å². The van der Waals surface area contributed by atoms with E-state index in [0.29, 0.717) is 23.3 Å². The minimum Gasteiger partial charge on any atom is -0.490 e. The van der Waals surface area contributed by atoms with E-state index in [1.807, 2.05) is 68.6 Å². The zero-order valence-corrected chi connectivity index (χ0v) is 20.4. The summed E-state index contributed by atoms with van der Waals surface area (Å²) < 4.78 is 5.89. The van der Waals surface area contributed by atoms with Crippen LogP contribution in [0.3, 0.4) is 0 Å². The summed E-state index contributed by atoms with van der Waals surface area (Å²) in [5.74, 6) is 6.27. The van der Waals surface area contributed by atoms with Crippen LogP contribution < -0.4 is 10.1 Å². The van der Waals surface area contributed by atoms with Gasteiger partial charge < -0.3 is 25.3 Å². The number of hydrogen-bond acceptors (Lipinski definition) is 4. The number of rotatable bonds is 8. The van der Waals surface area contributed by atoms with Crippen LogP contribution >= 0.6 is 0 Å². The number of aliphatic hydroxyl groups excluding tert-OH is 2. The van der Waals surface area contributed by atoms with E-state index in [9.17, 15) is 15.0 Å². The molecule has 1 atom stereocenters. The Labute approximate surface area is 210 Å². The number of hydrogen-bond donors (Lipinski definition) is 4. The minimum absolute atomic E-state index is 0.0986. The van der Waals surface area contributed by atoms with Crippen LogP contribution in [0.25, 0.3) is 10.9 Å². The number of ether oxygens (including phenoxy) is 1. The third kappa shape index (κ3) is 5.95. The van der Waals surface area contributed by atoms with Crippen molar-refractivity contribution in [2.75, 3.05) is 6.61 Å². The second-order valence-corrected chi connectivity index (χ2v) is 8.86. The lowest BCUT2D eigenvalue weighted by atomic mass is 10.0. The monoisotopic (exact) mass is 482 g/mol. The van der Waals surface area contributed by atoms with Gasteiger partial charge in [-0.05, 0) is 61.7 Å². The second kappa shape index (κ2) is 11.6. The van der Waals surface area contributed by atoms with Gasteiger partial charge in [0, 0.05) is 28.2 Å². The average Bonchev–Trinajstić information content (AvgIpc) is 3.30. The Hall–Kier alpha value is -4.05. The summed E-state index contributed by atoms with van der Waals surface area (Å²) in [5, 5.41) is 23.6. The summed E-state index contributed by atoms with van der Waals surface area (Å²) >= 11 is 0. The summed E-state index contributed by atoms with van der Waals surface area (Å²) in [6, 6.07) is 20.1. The van der Waals surface area contributed by atoms with Crippen LogP contribution in [0.1, 0.15) is 46.5 Å². The van der Waals surface area contributed by atoms with Crippen LogP contribution in [0.5, 0.6) is 5.75 Å². The van der Waals surface area contributed by atoms with E-state index in [0.717, 1.165) is 27.6 Å². The molecule has 0 aliphatic rings. The molecular weight excluding hydrogens is 452 g/mol. The van der Waals surface area contributed by atoms with Crippen molar-refractivity contribution in [3.63, 3.8) is 0 Å². The van der Waals surface area contributed by atoms with Gasteiger partial charge in [0.2, 0.25) is 0 Å². The number of carbonyl (C=O) groups is 1. The van der Waals surface area contributed by atoms with Crippen LogP contribution in [0.2, 0.25) is 0 Å². The van der Waals surface area contributed by atoms with Crippen molar-refractivity contribution in [2.24, 2.45) is 0 Å². The van der Waals surface area contributed by atoms with Crippen molar-refractivity contribution in [3.05, 3.63) is 101 Å². The highest BCUT2D eigenvalue weighted by molar-refractivity contribution is 5.97. The number of H-pyrrole nitrogens is 1. The number of aromatic nitrogens is 1. The van der Waals surface area contributed by atoms with Crippen molar-refractivity contribution in [1.82, 2.24) is 10.3 Å². The molecule has 0 bridgehead atoms. The molecule has 0 unspecified atom stereocenters. The van der Waals surface area contributed by atoms with Crippen molar-refractivity contribution >= 4 is 16.8 Å². The Balaban J connectivity index is 1.59. The molecule has 0 aliphatic heterocycles. The maximum atomic E-state index is 13.3. The number of amides is 1. The average molecular weight is 483 g/mol. The molecule has 36 heavy (non-hydrogen) atoms. The fourth-order valence-corrected chi connectivity index (χ4v) is 4.05. The SMILES string of the molecule is CC(C)Oc1ccc(C#Cc2ccccc2CO)cc1C(=O)N[C@@H](CO)Cc1c[nH]c2ccccc12. The van der Waals surface area contributed by atoms with E-state index in [4.69, 9.17) is 4.74 Å².